The summed E-state index contributed by atoms with van der Waals surface area (Å²) in [6, 6.07) is 6.87. The number of aliphatic hydroxyl groups excluding tert-OH is 1. The highest BCUT2D eigenvalue weighted by molar-refractivity contribution is 5.36. The first kappa shape index (κ1) is 19.4. The Morgan fingerprint density at radius 1 is 1.23 bits per heavy atom. The molecule has 0 aromatic heterocycles. The van der Waals surface area contributed by atoms with Crippen molar-refractivity contribution in [1.82, 2.24) is 0 Å². The smallest absolute Gasteiger partial charge is 0.0704 e. The summed E-state index contributed by atoms with van der Waals surface area (Å²) in [5, 5.41) is 9.49. The molecule has 1 aromatic rings. The van der Waals surface area contributed by atoms with Gasteiger partial charge >= 0.3 is 0 Å². The van der Waals surface area contributed by atoms with Gasteiger partial charge < -0.3 is 20.3 Å². The molecule has 0 aliphatic heterocycles. The zero-order valence-corrected chi connectivity index (χ0v) is 15.6. The molecule has 0 spiro atoms. The molecule has 0 bridgehead atoms. The zero-order chi connectivity index (χ0) is 18.4. The van der Waals surface area contributed by atoms with Crippen LogP contribution in [0.3, 0.4) is 0 Å². The average molecular weight is 357 g/mol. The number of aliphatic hydroxyl groups is 1. The lowest BCUT2D eigenvalue weighted by Crippen LogP contribution is -2.40. The fourth-order valence-electron chi connectivity index (χ4n) is 4.23. The van der Waals surface area contributed by atoms with Crippen molar-refractivity contribution in [3.63, 3.8) is 0 Å². The minimum Gasteiger partial charge on any atom is -0.394 e. The Balaban J connectivity index is 1.49. The normalized spacial score (nSPS) is 27.9. The number of hydrogen-bond acceptors (Lipinski definition) is 4. The minimum atomic E-state index is -0.387. The van der Waals surface area contributed by atoms with Gasteiger partial charge in [0.2, 0.25) is 0 Å². The number of hydrogen-bond donors (Lipinski definition) is 2. The predicted octanol–water partition coefficient (Wildman–Crippen LogP) is 2.56. The number of ether oxygens (including phenoxy) is 2. The highest BCUT2D eigenvalue weighted by atomic mass is 16.5. The third-order valence-electron chi connectivity index (χ3n) is 5.82. The summed E-state index contributed by atoms with van der Waals surface area (Å²) < 4.78 is 11.4. The molecule has 2 aliphatic rings. The molecular weight excluding hydrogens is 326 g/mol. The molecule has 142 valence electrons. The number of fused-ring (bicyclic) bond motifs is 1. The predicted molar refractivity (Wildman–Crippen MR) is 103 cm³/mol. The standard InChI is InChI=1S/C22H31NO3/c1-2-3-10-25-11-12-26-21-7-6-17-13-18(4-5-19(17)14-21)20-8-9-22(23,15-20)16-24/h1,4-5,13,20-21,24H,3,6-12,14-16,23H2/t20-,21+,22+/m0/s1. The van der Waals surface area contributed by atoms with E-state index in [1.54, 1.807) is 0 Å². The summed E-state index contributed by atoms with van der Waals surface area (Å²) in [5.41, 5.74) is 10.1. The monoisotopic (exact) mass is 357 g/mol. The molecule has 0 heterocycles. The lowest BCUT2D eigenvalue weighted by Gasteiger charge is -2.26. The lowest BCUT2D eigenvalue weighted by atomic mass is 9.85. The second-order valence-electron chi connectivity index (χ2n) is 7.79. The van der Waals surface area contributed by atoms with E-state index in [1.807, 2.05) is 0 Å². The van der Waals surface area contributed by atoms with E-state index in [0.29, 0.717) is 32.2 Å². The van der Waals surface area contributed by atoms with Crippen LogP contribution in [0.2, 0.25) is 0 Å². The molecule has 0 radical (unpaired) electrons. The van der Waals surface area contributed by atoms with Gasteiger partial charge in [-0.05, 0) is 61.1 Å². The molecule has 3 atom stereocenters. The Bertz CT molecular complexity index is 639. The largest absolute Gasteiger partial charge is 0.394 e. The number of nitrogens with two attached hydrogens (primary N) is 1. The third-order valence-corrected chi connectivity index (χ3v) is 5.82. The van der Waals surface area contributed by atoms with Gasteiger partial charge in [0.05, 0.1) is 32.5 Å². The lowest BCUT2D eigenvalue weighted by molar-refractivity contribution is 0.000647. The Labute approximate surface area is 157 Å². The number of terminal acetylenes is 1. The maximum Gasteiger partial charge on any atom is 0.0704 e. The Kier molecular flexibility index (Phi) is 6.72. The second kappa shape index (κ2) is 9.01. The van der Waals surface area contributed by atoms with Gasteiger partial charge in [0, 0.05) is 12.0 Å². The molecule has 1 aromatic carbocycles. The SMILES string of the molecule is C#CCCOCCO[C@@H]1CCc2cc([C@H]3CC[C@](N)(CO)C3)ccc2C1. The van der Waals surface area contributed by atoms with Crippen LogP contribution in [0.15, 0.2) is 18.2 Å². The number of benzene rings is 1. The second-order valence-corrected chi connectivity index (χ2v) is 7.79. The molecule has 4 nitrogen and oxygen atoms in total. The third kappa shape index (κ3) is 4.86. The average Bonchev–Trinajstić information content (AvgIpc) is 3.07. The van der Waals surface area contributed by atoms with E-state index >= 15 is 0 Å². The first-order chi connectivity index (χ1) is 12.6. The maximum atomic E-state index is 9.49. The maximum absolute atomic E-state index is 9.49. The number of rotatable bonds is 8. The minimum absolute atomic E-state index is 0.0832. The fourth-order valence-corrected chi connectivity index (χ4v) is 4.23. The van der Waals surface area contributed by atoms with E-state index in [2.05, 4.69) is 24.1 Å². The van der Waals surface area contributed by atoms with Crippen LogP contribution in [-0.2, 0) is 22.3 Å². The number of aryl methyl sites for hydroxylation is 1. The van der Waals surface area contributed by atoms with Gasteiger partial charge in [-0.1, -0.05) is 18.2 Å². The highest BCUT2D eigenvalue weighted by Gasteiger charge is 2.36. The molecule has 1 fully saturated rings. The van der Waals surface area contributed by atoms with E-state index < -0.39 is 0 Å². The van der Waals surface area contributed by atoms with Crippen molar-refractivity contribution in [2.24, 2.45) is 5.73 Å². The van der Waals surface area contributed by atoms with Crippen LogP contribution in [0.1, 0.15) is 54.7 Å². The first-order valence-electron chi connectivity index (χ1n) is 9.78. The van der Waals surface area contributed by atoms with E-state index in [1.165, 1.54) is 16.7 Å². The summed E-state index contributed by atoms with van der Waals surface area (Å²) in [6.45, 7) is 1.93. The summed E-state index contributed by atoms with van der Waals surface area (Å²) in [6.07, 6.45) is 12.1. The molecule has 3 rings (SSSR count). The van der Waals surface area contributed by atoms with Gasteiger partial charge in [-0.15, -0.1) is 12.3 Å². The van der Waals surface area contributed by atoms with E-state index in [9.17, 15) is 5.11 Å². The van der Waals surface area contributed by atoms with Gasteiger partial charge in [0.1, 0.15) is 0 Å². The quantitative estimate of drug-likeness (QED) is 0.554. The van der Waals surface area contributed by atoms with Crippen molar-refractivity contribution in [3.05, 3.63) is 34.9 Å². The van der Waals surface area contributed by atoms with Crippen molar-refractivity contribution >= 4 is 0 Å². The van der Waals surface area contributed by atoms with Gasteiger partial charge in [0.15, 0.2) is 0 Å². The van der Waals surface area contributed by atoms with Crippen molar-refractivity contribution in [2.45, 2.75) is 62.5 Å². The molecule has 2 aliphatic carbocycles. The molecule has 0 saturated heterocycles. The van der Waals surface area contributed by atoms with Crippen LogP contribution in [0, 0.1) is 12.3 Å². The highest BCUT2D eigenvalue weighted by Crippen LogP contribution is 2.40. The van der Waals surface area contributed by atoms with E-state index in [4.69, 9.17) is 21.6 Å². The van der Waals surface area contributed by atoms with Crippen LogP contribution < -0.4 is 5.73 Å². The van der Waals surface area contributed by atoms with Crippen LogP contribution in [0.25, 0.3) is 0 Å². The molecule has 1 saturated carbocycles. The summed E-state index contributed by atoms with van der Waals surface area (Å²) in [5.74, 6) is 3.04. The van der Waals surface area contributed by atoms with E-state index in [-0.39, 0.29) is 18.2 Å². The molecule has 26 heavy (non-hydrogen) atoms. The molecule has 0 amide bonds. The van der Waals surface area contributed by atoms with Gasteiger partial charge in [-0.2, -0.15) is 0 Å². The van der Waals surface area contributed by atoms with Crippen molar-refractivity contribution in [3.8, 4) is 12.3 Å². The van der Waals surface area contributed by atoms with Gasteiger partial charge in [-0.3, -0.25) is 0 Å². The summed E-state index contributed by atoms with van der Waals surface area (Å²) in [7, 11) is 0. The molecule has 0 unspecified atom stereocenters. The van der Waals surface area contributed by atoms with Gasteiger partial charge in [0.25, 0.3) is 0 Å². The van der Waals surface area contributed by atoms with E-state index in [0.717, 1.165) is 38.5 Å². The van der Waals surface area contributed by atoms with Crippen LogP contribution in [0.5, 0.6) is 0 Å². The summed E-state index contributed by atoms with van der Waals surface area (Å²) >= 11 is 0. The van der Waals surface area contributed by atoms with Crippen LogP contribution >= 0.6 is 0 Å². The van der Waals surface area contributed by atoms with Crippen molar-refractivity contribution < 1.29 is 14.6 Å². The van der Waals surface area contributed by atoms with Crippen molar-refractivity contribution in [2.75, 3.05) is 26.4 Å². The van der Waals surface area contributed by atoms with Gasteiger partial charge in [-0.25, -0.2) is 0 Å². The Morgan fingerprint density at radius 2 is 2.12 bits per heavy atom. The van der Waals surface area contributed by atoms with Crippen LogP contribution in [0.4, 0.5) is 0 Å². The zero-order valence-electron chi connectivity index (χ0n) is 15.6. The van der Waals surface area contributed by atoms with Crippen LogP contribution in [-0.4, -0.2) is 43.2 Å². The van der Waals surface area contributed by atoms with Crippen molar-refractivity contribution in [1.29, 1.82) is 0 Å². The fraction of sp³-hybridized carbons (Fsp3) is 0.636. The topological polar surface area (TPSA) is 64.7 Å². The molecular formula is C22H31NO3. The summed E-state index contributed by atoms with van der Waals surface area (Å²) in [4.78, 5) is 0. The molecule has 4 heteroatoms. The Hall–Kier alpha value is -1.38. The first-order valence-corrected chi connectivity index (χ1v) is 9.78. The Morgan fingerprint density at radius 3 is 2.88 bits per heavy atom. The molecule has 3 N–H and O–H groups in total.